The summed E-state index contributed by atoms with van der Waals surface area (Å²) in [6.07, 6.45) is 5.45. The maximum atomic E-state index is 13.3. The third-order valence-electron chi connectivity index (χ3n) is 6.32. The number of carbonyl (C=O) groups is 1. The van der Waals surface area contributed by atoms with Gasteiger partial charge in [-0.1, -0.05) is 61.2 Å². The third kappa shape index (κ3) is 4.68. The monoisotopic (exact) mass is 492 g/mol. The molecule has 2 aliphatic heterocycles. The number of hydrogen-bond donors (Lipinski definition) is 0. The van der Waals surface area contributed by atoms with Gasteiger partial charge >= 0.3 is 0 Å². The van der Waals surface area contributed by atoms with Crippen molar-refractivity contribution in [2.24, 2.45) is 0 Å². The largest absolute Gasteiger partial charge is 0.357 e. The van der Waals surface area contributed by atoms with Crippen LogP contribution in [0, 0.1) is 18.3 Å². The van der Waals surface area contributed by atoms with E-state index in [9.17, 15) is 14.9 Å². The summed E-state index contributed by atoms with van der Waals surface area (Å²) in [5.74, 6) is 0.694. The fraction of sp³-hybridized carbons (Fsp3) is 0.385. The Balaban J connectivity index is 1.75. The Morgan fingerprint density at radius 2 is 1.85 bits per heavy atom. The molecule has 0 radical (unpaired) electrons. The van der Waals surface area contributed by atoms with Gasteiger partial charge in [-0.05, 0) is 49.8 Å². The van der Waals surface area contributed by atoms with Crippen molar-refractivity contribution in [1.29, 1.82) is 5.26 Å². The summed E-state index contributed by atoms with van der Waals surface area (Å²) in [6, 6.07) is 12.1. The number of nitriles is 1. The van der Waals surface area contributed by atoms with Gasteiger partial charge in [0.25, 0.3) is 11.5 Å². The van der Waals surface area contributed by atoms with Crippen LogP contribution in [0.4, 0.5) is 5.82 Å². The molecule has 2 aromatic rings. The Hall–Kier alpha value is -2.89. The van der Waals surface area contributed by atoms with E-state index in [1.54, 1.807) is 16.4 Å². The Bertz CT molecular complexity index is 1240. The standard InChI is InChI=1S/C26H28N4O2S2/c1-3-12-29-23(28-13-7-8-14-28)20(18(2)21(17-27)24(29)31)16-22-25(32)30(26(33)34-22)15-11-19-9-5-4-6-10-19/h4-6,9-10,16H,3,7-8,11-15H2,1-2H3/b22-16-. The summed E-state index contributed by atoms with van der Waals surface area (Å²) >= 11 is 6.83. The van der Waals surface area contributed by atoms with Crippen molar-refractivity contribution in [3.05, 3.63) is 67.8 Å². The van der Waals surface area contributed by atoms with Crippen LogP contribution in [0.3, 0.4) is 0 Å². The Labute approximate surface area is 209 Å². The number of carbonyl (C=O) groups excluding carboxylic acids is 1. The number of anilines is 1. The fourth-order valence-electron chi connectivity index (χ4n) is 4.55. The number of thioether (sulfide) groups is 1. The van der Waals surface area contributed by atoms with Crippen molar-refractivity contribution in [1.82, 2.24) is 9.47 Å². The highest BCUT2D eigenvalue weighted by atomic mass is 32.2. The van der Waals surface area contributed by atoms with Crippen LogP contribution in [0.25, 0.3) is 6.08 Å². The summed E-state index contributed by atoms with van der Waals surface area (Å²) in [5, 5.41) is 9.75. The number of nitrogens with zero attached hydrogens (tertiary/aromatic N) is 4. The molecule has 34 heavy (non-hydrogen) atoms. The SMILES string of the molecule is CCCn1c(N2CCCC2)c(/C=C2\SC(=S)N(CCc3ccccc3)C2=O)c(C)c(C#N)c1=O. The van der Waals surface area contributed by atoms with Crippen molar-refractivity contribution >= 4 is 46.1 Å². The van der Waals surface area contributed by atoms with E-state index < -0.39 is 0 Å². The predicted octanol–water partition coefficient (Wildman–Crippen LogP) is 4.48. The van der Waals surface area contributed by atoms with Gasteiger partial charge in [0.2, 0.25) is 0 Å². The maximum Gasteiger partial charge on any atom is 0.270 e. The highest BCUT2D eigenvalue weighted by Gasteiger charge is 2.33. The van der Waals surface area contributed by atoms with Crippen molar-refractivity contribution < 1.29 is 4.79 Å². The summed E-state index contributed by atoms with van der Waals surface area (Å²) in [6.45, 7) is 6.57. The van der Waals surface area contributed by atoms with Gasteiger partial charge < -0.3 is 4.90 Å². The molecule has 0 atom stereocenters. The molecule has 0 saturated carbocycles. The predicted molar refractivity (Wildman–Crippen MR) is 142 cm³/mol. The van der Waals surface area contributed by atoms with Crippen LogP contribution in [0.2, 0.25) is 0 Å². The minimum atomic E-state index is -0.253. The molecule has 3 heterocycles. The molecule has 0 spiro atoms. The number of benzene rings is 1. The molecule has 176 valence electrons. The van der Waals surface area contributed by atoms with E-state index in [-0.39, 0.29) is 17.0 Å². The average molecular weight is 493 g/mol. The first-order valence-corrected chi connectivity index (χ1v) is 12.9. The molecule has 4 rings (SSSR count). The molecule has 1 aromatic heterocycles. The maximum absolute atomic E-state index is 13.3. The van der Waals surface area contributed by atoms with Gasteiger partial charge in [0, 0.05) is 31.7 Å². The third-order valence-corrected chi connectivity index (χ3v) is 7.69. The van der Waals surface area contributed by atoms with E-state index in [0.717, 1.165) is 55.7 Å². The lowest BCUT2D eigenvalue weighted by Gasteiger charge is -2.26. The number of rotatable bonds is 7. The Morgan fingerprint density at radius 1 is 1.15 bits per heavy atom. The van der Waals surface area contributed by atoms with E-state index in [1.165, 1.54) is 11.8 Å². The number of pyridine rings is 1. The normalized spacial score (nSPS) is 17.1. The van der Waals surface area contributed by atoms with E-state index in [2.05, 4.69) is 11.0 Å². The first kappa shape index (κ1) is 24.2. The van der Waals surface area contributed by atoms with E-state index in [0.29, 0.717) is 27.9 Å². The van der Waals surface area contributed by atoms with Crippen molar-refractivity contribution in [3.8, 4) is 6.07 Å². The Kier molecular flexibility index (Phi) is 7.54. The van der Waals surface area contributed by atoms with Crippen molar-refractivity contribution in [2.45, 2.75) is 46.1 Å². The highest BCUT2D eigenvalue weighted by Crippen LogP contribution is 2.36. The molecular weight excluding hydrogens is 464 g/mol. The zero-order valence-corrected chi connectivity index (χ0v) is 21.2. The summed E-state index contributed by atoms with van der Waals surface area (Å²) in [7, 11) is 0. The lowest BCUT2D eigenvalue weighted by molar-refractivity contribution is -0.122. The molecular formula is C26H28N4O2S2. The summed E-state index contributed by atoms with van der Waals surface area (Å²) in [4.78, 5) is 30.9. The second-order valence-electron chi connectivity index (χ2n) is 8.57. The van der Waals surface area contributed by atoms with Crippen LogP contribution in [-0.2, 0) is 17.8 Å². The zero-order valence-electron chi connectivity index (χ0n) is 19.5. The molecule has 2 aliphatic rings. The fourth-order valence-corrected chi connectivity index (χ4v) is 5.84. The second-order valence-corrected chi connectivity index (χ2v) is 10.2. The average Bonchev–Trinajstić information content (AvgIpc) is 3.45. The van der Waals surface area contributed by atoms with E-state index in [4.69, 9.17) is 12.2 Å². The molecule has 1 amide bonds. The van der Waals surface area contributed by atoms with Gasteiger partial charge in [0.1, 0.15) is 21.8 Å². The quantitative estimate of drug-likeness (QED) is 0.419. The molecule has 0 aliphatic carbocycles. The van der Waals surface area contributed by atoms with Crippen LogP contribution < -0.4 is 10.5 Å². The molecule has 0 unspecified atom stereocenters. The second kappa shape index (κ2) is 10.6. The minimum Gasteiger partial charge on any atom is -0.357 e. The van der Waals surface area contributed by atoms with E-state index >= 15 is 0 Å². The topological polar surface area (TPSA) is 69.3 Å². The van der Waals surface area contributed by atoms with Gasteiger partial charge in [-0.25, -0.2) is 0 Å². The van der Waals surface area contributed by atoms with Gasteiger partial charge in [-0.2, -0.15) is 5.26 Å². The summed E-state index contributed by atoms with van der Waals surface area (Å²) in [5.41, 5.74) is 2.43. The molecule has 2 saturated heterocycles. The zero-order chi connectivity index (χ0) is 24.2. The number of aromatic nitrogens is 1. The van der Waals surface area contributed by atoms with E-state index in [1.807, 2.05) is 43.3 Å². The smallest absolute Gasteiger partial charge is 0.270 e. The van der Waals surface area contributed by atoms with Crippen LogP contribution in [-0.4, -0.2) is 39.3 Å². The molecule has 2 fully saturated rings. The van der Waals surface area contributed by atoms with Gasteiger partial charge in [-0.3, -0.25) is 19.1 Å². The van der Waals surface area contributed by atoms with Crippen LogP contribution in [0.5, 0.6) is 0 Å². The number of amides is 1. The first-order chi connectivity index (χ1) is 16.5. The molecule has 1 aromatic carbocycles. The summed E-state index contributed by atoms with van der Waals surface area (Å²) < 4.78 is 2.26. The number of hydrogen-bond acceptors (Lipinski definition) is 6. The minimum absolute atomic E-state index is 0.121. The van der Waals surface area contributed by atoms with Gasteiger partial charge in [-0.15, -0.1) is 0 Å². The highest BCUT2D eigenvalue weighted by molar-refractivity contribution is 8.26. The van der Waals surface area contributed by atoms with Crippen molar-refractivity contribution in [3.63, 3.8) is 0 Å². The lowest BCUT2D eigenvalue weighted by Crippen LogP contribution is -2.33. The lowest BCUT2D eigenvalue weighted by atomic mass is 10.0. The molecule has 0 bridgehead atoms. The number of thiocarbonyl (C=S) groups is 1. The van der Waals surface area contributed by atoms with Gasteiger partial charge in [0.05, 0.1) is 4.91 Å². The molecule has 6 nitrogen and oxygen atoms in total. The van der Waals surface area contributed by atoms with Crippen LogP contribution in [0.1, 0.15) is 48.4 Å². The molecule has 8 heteroatoms. The van der Waals surface area contributed by atoms with Gasteiger partial charge in [0.15, 0.2) is 0 Å². The van der Waals surface area contributed by atoms with Crippen LogP contribution >= 0.6 is 24.0 Å². The van der Waals surface area contributed by atoms with Crippen molar-refractivity contribution in [2.75, 3.05) is 24.5 Å². The molecule has 0 N–H and O–H groups in total. The van der Waals surface area contributed by atoms with Crippen LogP contribution in [0.15, 0.2) is 40.0 Å². The Morgan fingerprint density at radius 3 is 2.50 bits per heavy atom. The first-order valence-electron chi connectivity index (χ1n) is 11.7.